The third kappa shape index (κ3) is 3.54. The van der Waals surface area contributed by atoms with Crippen molar-refractivity contribution in [3.05, 3.63) is 24.3 Å². The average Bonchev–Trinajstić information content (AvgIpc) is 2.47. The molecule has 7 heteroatoms. The molecule has 0 aliphatic carbocycles. The molecule has 0 spiro atoms. The van der Waals surface area contributed by atoms with Gasteiger partial charge < -0.3 is 11.1 Å². The third-order valence-corrected chi connectivity index (χ3v) is 5.57. The standard InChI is InChI=1S/C14H21N3O3S/c1-2-16-14(18)11-6-8-17(9-7-11)21(19,20)13-5-3-4-12(15)10-13/h3-5,10-11H,2,6-9,15H2,1H3,(H,16,18). The normalized spacial score (nSPS) is 17.6. The topological polar surface area (TPSA) is 92.5 Å². The Balaban J connectivity index is 2.06. The molecule has 1 aromatic rings. The number of anilines is 1. The second kappa shape index (κ2) is 6.44. The monoisotopic (exact) mass is 311 g/mol. The van der Waals surface area contributed by atoms with Gasteiger partial charge in [0.2, 0.25) is 15.9 Å². The number of amides is 1. The molecular formula is C14H21N3O3S. The van der Waals surface area contributed by atoms with Crippen LogP contribution in [0, 0.1) is 5.92 Å². The lowest BCUT2D eigenvalue weighted by Gasteiger charge is -2.30. The fourth-order valence-electron chi connectivity index (χ4n) is 2.50. The largest absolute Gasteiger partial charge is 0.399 e. The van der Waals surface area contributed by atoms with Crippen molar-refractivity contribution in [3.8, 4) is 0 Å². The van der Waals surface area contributed by atoms with E-state index in [2.05, 4.69) is 5.32 Å². The first-order valence-electron chi connectivity index (χ1n) is 7.08. The fourth-order valence-corrected chi connectivity index (χ4v) is 4.03. The summed E-state index contributed by atoms with van der Waals surface area (Å²) in [6.45, 7) is 3.19. The van der Waals surface area contributed by atoms with E-state index in [4.69, 9.17) is 5.73 Å². The zero-order valence-corrected chi connectivity index (χ0v) is 12.9. The van der Waals surface area contributed by atoms with Gasteiger partial charge >= 0.3 is 0 Å². The summed E-state index contributed by atoms with van der Waals surface area (Å²) in [6, 6.07) is 6.29. The number of nitrogens with zero attached hydrogens (tertiary/aromatic N) is 1. The van der Waals surface area contributed by atoms with Crippen LogP contribution in [0.5, 0.6) is 0 Å². The van der Waals surface area contributed by atoms with Gasteiger partial charge in [0.05, 0.1) is 4.90 Å². The summed E-state index contributed by atoms with van der Waals surface area (Å²) in [4.78, 5) is 12.0. The summed E-state index contributed by atoms with van der Waals surface area (Å²) >= 11 is 0. The highest BCUT2D eigenvalue weighted by Crippen LogP contribution is 2.24. The summed E-state index contributed by atoms with van der Waals surface area (Å²) < 4.78 is 26.5. The van der Waals surface area contributed by atoms with E-state index in [1.807, 2.05) is 6.92 Å². The molecular weight excluding hydrogens is 290 g/mol. The van der Waals surface area contributed by atoms with Crippen LogP contribution in [0.4, 0.5) is 5.69 Å². The molecule has 0 aromatic heterocycles. The maximum Gasteiger partial charge on any atom is 0.243 e. The first-order valence-corrected chi connectivity index (χ1v) is 8.52. The minimum Gasteiger partial charge on any atom is -0.399 e. The van der Waals surface area contributed by atoms with E-state index in [1.54, 1.807) is 18.2 Å². The molecule has 0 bridgehead atoms. The number of nitrogen functional groups attached to an aromatic ring is 1. The summed E-state index contributed by atoms with van der Waals surface area (Å²) in [6.07, 6.45) is 1.10. The molecule has 6 nitrogen and oxygen atoms in total. The number of carbonyl (C=O) groups excluding carboxylic acids is 1. The Morgan fingerprint density at radius 2 is 2.05 bits per heavy atom. The maximum atomic E-state index is 12.5. The molecule has 21 heavy (non-hydrogen) atoms. The molecule has 0 atom stereocenters. The predicted molar refractivity (Wildman–Crippen MR) is 81.0 cm³/mol. The van der Waals surface area contributed by atoms with Gasteiger partial charge in [-0.2, -0.15) is 4.31 Å². The molecule has 3 N–H and O–H groups in total. The van der Waals surface area contributed by atoms with Gasteiger partial charge in [0.1, 0.15) is 0 Å². The molecule has 1 aliphatic heterocycles. The molecule has 116 valence electrons. The number of piperidine rings is 1. The van der Waals surface area contributed by atoms with Crippen LogP contribution >= 0.6 is 0 Å². The summed E-state index contributed by atoms with van der Waals surface area (Å²) in [5, 5.41) is 2.78. The van der Waals surface area contributed by atoms with Gasteiger partial charge in [0, 0.05) is 31.2 Å². The van der Waals surface area contributed by atoms with Crippen molar-refractivity contribution >= 4 is 21.6 Å². The molecule has 0 saturated carbocycles. The van der Waals surface area contributed by atoms with Crippen molar-refractivity contribution in [1.82, 2.24) is 9.62 Å². The highest BCUT2D eigenvalue weighted by molar-refractivity contribution is 7.89. The van der Waals surface area contributed by atoms with E-state index in [9.17, 15) is 13.2 Å². The van der Waals surface area contributed by atoms with Crippen LogP contribution in [0.15, 0.2) is 29.2 Å². The lowest BCUT2D eigenvalue weighted by molar-refractivity contribution is -0.126. The molecule has 0 unspecified atom stereocenters. The number of benzene rings is 1. The first kappa shape index (κ1) is 15.8. The van der Waals surface area contributed by atoms with Crippen LogP contribution in [-0.2, 0) is 14.8 Å². The second-order valence-corrected chi connectivity index (χ2v) is 7.08. The van der Waals surface area contributed by atoms with Crippen LogP contribution in [0.2, 0.25) is 0 Å². The Hall–Kier alpha value is -1.60. The highest BCUT2D eigenvalue weighted by Gasteiger charge is 2.31. The number of hydrogen-bond acceptors (Lipinski definition) is 4. The average molecular weight is 311 g/mol. The number of carbonyl (C=O) groups is 1. The Kier molecular flexibility index (Phi) is 4.84. The quantitative estimate of drug-likeness (QED) is 0.805. The fraction of sp³-hybridized carbons (Fsp3) is 0.500. The Bertz CT molecular complexity index is 608. The number of sulfonamides is 1. The first-order chi connectivity index (χ1) is 9.95. The van der Waals surface area contributed by atoms with Crippen LogP contribution < -0.4 is 11.1 Å². The van der Waals surface area contributed by atoms with Crippen molar-refractivity contribution in [2.45, 2.75) is 24.7 Å². The number of nitrogens with two attached hydrogens (primary N) is 1. The van der Waals surface area contributed by atoms with Crippen molar-refractivity contribution in [2.75, 3.05) is 25.4 Å². The Morgan fingerprint density at radius 3 is 2.62 bits per heavy atom. The van der Waals surface area contributed by atoms with Crippen molar-refractivity contribution in [3.63, 3.8) is 0 Å². The van der Waals surface area contributed by atoms with Gasteiger partial charge in [-0.3, -0.25) is 4.79 Å². The molecule has 1 fully saturated rings. The summed E-state index contributed by atoms with van der Waals surface area (Å²) in [5.41, 5.74) is 6.07. The highest BCUT2D eigenvalue weighted by atomic mass is 32.2. The zero-order chi connectivity index (χ0) is 15.5. The molecule has 2 rings (SSSR count). The van der Waals surface area contributed by atoms with Gasteiger partial charge in [-0.15, -0.1) is 0 Å². The lowest BCUT2D eigenvalue weighted by Crippen LogP contribution is -2.42. The molecule has 1 amide bonds. The third-order valence-electron chi connectivity index (χ3n) is 3.67. The Labute approximate surface area is 125 Å². The van der Waals surface area contributed by atoms with E-state index < -0.39 is 10.0 Å². The van der Waals surface area contributed by atoms with E-state index >= 15 is 0 Å². The van der Waals surface area contributed by atoms with E-state index in [-0.39, 0.29) is 16.7 Å². The molecule has 1 aromatic carbocycles. The number of hydrogen-bond donors (Lipinski definition) is 2. The second-order valence-electron chi connectivity index (χ2n) is 5.15. The minimum atomic E-state index is -3.52. The van der Waals surface area contributed by atoms with Crippen LogP contribution in [-0.4, -0.2) is 38.3 Å². The zero-order valence-electron chi connectivity index (χ0n) is 12.1. The van der Waals surface area contributed by atoms with Gasteiger partial charge in [0.15, 0.2) is 0 Å². The molecule has 1 saturated heterocycles. The minimum absolute atomic E-state index is 0.0125. The molecule has 0 radical (unpaired) electrons. The van der Waals surface area contributed by atoms with Crippen LogP contribution in [0.1, 0.15) is 19.8 Å². The SMILES string of the molecule is CCNC(=O)C1CCN(S(=O)(=O)c2cccc(N)c2)CC1. The van der Waals surface area contributed by atoms with E-state index in [0.29, 0.717) is 38.2 Å². The smallest absolute Gasteiger partial charge is 0.243 e. The van der Waals surface area contributed by atoms with Gasteiger partial charge in [-0.05, 0) is 38.0 Å². The van der Waals surface area contributed by atoms with Crippen LogP contribution in [0.25, 0.3) is 0 Å². The molecule has 1 heterocycles. The summed E-state index contributed by atoms with van der Waals surface area (Å²) in [7, 11) is -3.52. The summed E-state index contributed by atoms with van der Waals surface area (Å²) in [5.74, 6) is -0.0873. The van der Waals surface area contributed by atoms with Gasteiger partial charge in [-0.1, -0.05) is 6.07 Å². The van der Waals surface area contributed by atoms with E-state index in [1.165, 1.54) is 10.4 Å². The number of rotatable bonds is 4. The van der Waals surface area contributed by atoms with Gasteiger partial charge in [-0.25, -0.2) is 8.42 Å². The predicted octanol–water partition coefficient (Wildman–Crippen LogP) is 0.806. The van der Waals surface area contributed by atoms with Gasteiger partial charge in [0.25, 0.3) is 0 Å². The van der Waals surface area contributed by atoms with E-state index in [0.717, 1.165) is 0 Å². The van der Waals surface area contributed by atoms with Crippen molar-refractivity contribution < 1.29 is 13.2 Å². The van der Waals surface area contributed by atoms with Crippen LogP contribution in [0.3, 0.4) is 0 Å². The van der Waals surface area contributed by atoms with Crippen molar-refractivity contribution in [1.29, 1.82) is 0 Å². The lowest BCUT2D eigenvalue weighted by atomic mass is 9.97. The number of nitrogens with one attached hydrogen (secondary N) is 1. The van der Waals surface area contributed by atoms with Crippen molar-refractivity contribution in [2.24, 2.45) is 5.92 Å². The maximum absolute atomic E-state index is 12.5. The Morgan fingerprint density at radius 1 is 1.38 bits per heavy atom. The molecule has 1 aliphatic rings.